The van der Waals surface area contributed by atoms with Crippen LogP contribution >= 0.6 is 63.7 Å². The molecule has 0 aliphatic heterocycles. The Bertz CT molecular complexity index is 160. The van der Waals surface area contributed by atoms with E-state index in [0.717, 1.165) is 0 Å². The largest absolute Gasteiger partial charge is 0.102 e. The van der Waals surface area contributed by atoms with Gasteiger partial charge in [0, 0.05) is 19.3 Å². The lowest BCUT2D eigenvalue weighted by atomic mass is 10.1. The third kappa shape index (κ3) is 5.66. The number of allylic oxidation sites excluding steroid dienone is 1. The molecule has 0 spiro atoms. The topological polar surface area (TPSA) is 0 Å². The first-order valence-corrected chi connectivity index (χ1v) is 8.39. The van der Waals surface area contributed by atoms with E-state index in [1.54, 1.807) is 0 Å². The highest BCUT2D eigenvalue weighted by Crippen LogP contribution is 2.31. The first-order chi connectivity index (χ1) is 6.54. The fourth-order valence-corrected chi connectivity index (χ4v) is 4.04. The predicted molar refractivity (Wildman–Crippen MR) is 80.6 cm³/mol. The van der Waals surface area contributed by atoms with Gasteiger partial charge in [0.05, 0.1) is 0 Å². The van der Waals surface area contributed by atoms with Gasteiger partial charge in [0.25, 0.3) is 0 Å². The number of alkyl halides is 4. The quantitative estimate of drug-likeness (QED) is 0.355. The maximum atomic E-state index is 3.77. The summed E-state index contributed by atoms with van der Waals surface area (Å²) in [5.41, 5.74) is 0. The molecule has 0 bridgehead atoms. The van der Waals surface area contributed by atoms with Crippen LogP contribution in [0.25, 0.3) is 0 Å². The van der Waals surface area contributed by atoms with E-state index in [0.29, 0.717) is 19.3 Å². The van der Waals surface area contributed by atoms with Crippen molar-refractivity contribution in [3.8, 4) is 0 Å². The van der Waals surface area contributed by atoms with E-state index in [4.69, 9.17) is 0 Å². The van der Waals surface area contributed by atoms with Crippen LogP contribution in [0.4, 0.5) is 0 Å². The van der Waals surface area contributed by atoms with Crippen LogP contribution in [0.2, 0.25) is 0 Å². The molecule has 0 amide bonds. The maximum Gasteiger partial charge on any atom is 0.0459 e. The lowest BCUT2D eigenvalue weighted by molar-refractivity contribution is 0.663. The van der Waals surface area contributed by atoms with Crippen LogP contribution in [-0.2, 0) is 0 Å². The summed E-state index contributed by atoms with van der Waals surface area (Å²) in [7, 11) is 0. The van der Waals surface area contributed by atoms with E-state index in [1.807, 2.05) is 6.08 Å². The number of hydrogen-bond donors (Lipinski definition) is 0. The molecule has 0 saturated heterocycles. The van der Waals surface area contributed by atoms with Crippen LogP contribution in [-0.4, -0.2) is 19.3 Å². The van der Waals surface area contributed by atoms with Gasteiger partial charge in [-0.1, -0.05) is 89.6 Å². The lowest BCUT2D eigenvalue weighted by Gasteiger charge is -2.24. The smallest absolute Gasteiger partial charge is 0.0459 e. The Kier molecular flexibility index (Phi) is 9.81. The Labute approximate surface area is 121 Å². The van der Waals surface area contributed by atoms with Gasteiger partial charge in [-0.3, -0.25) is 0 Å². The number of hydrogen-bond acceptors (Lipinski definition) is 0. The van der Waals surface area contributed by atoms with Gasteiger partial charge in [-0.25, -0.2) is 0 Å². The SMILES string of the molecule is C=CC(Br)C(Br)C(Br)C(Br)CCCC. The lowest BCUT2D eigenvalue weighted by Crippen LogP contribution is -2.30. The summed E-state index contributed by atoms with van der Waals surface area (Å²) in [6.07, 6.45) is 5.62. The molecule has 0 aliphatic carbocycles. The molecule has 4 atom stereocenters. The summed E-state index contributed by atoms with van der Waals surface area (Å²) in [5, 5.41) is 0. The van der Waals surface area contributed by atoms with Crippen molar-refractivity contribution in [1.29, 1.82) is 0 Å². The molecule has 0 nitrogen and oxygen atoms in total. The van der Waals surface area contributed by atoms with Crippen LogP contribution in [0.5, 0.6) is 0 Å². The van der Waals surface area contributed by atoms with Crippen LogP contribution in [0, 0.1) is 0 Å². The van der Waals surface area contributed by atoms with Gasteiger partial charge in [0.1, 0.15) is 0 Å². The highest BCUT2D eigenvalue weighted by molar-refractivity contribution is 9.14. The predicted octanol–water partition coefficient (Wildman–Crippen LogP) is 5.42. The number of halogens is 4. The Morgan fingerprint density at radius 2 is 1.71 bits per heavy atom. The molecule has 0 radical (unpaired) electrons. The van der Waals surface area contributed by atoms with Gasteiger partial charge in [0.2, 0.25) is 0 Å². The third-order valence-corrected chi connectivity index (χ3v) is 8.46. The third-order valence-electron chi connectivity index (χ3n) is 2.01. The first-order valence-electron chi connectivity index (χ1n) is 4.73. The van der Waals surface area contributed by atoms with Crippen LogP contribution in [0.15, 0.2) is 12.7 Å². The highest BCUT2D eigenvalue weighted by atomic mass is 79.9. The van der Waals surface area contributed by atoms with Crippen molar-refractivity contribution in [2.45, 2.75) is 45.5 Å². The van der Waals surface area contributed by atoms with Crippen molar-refractivity contribution < 1.29 is 0 Å². The standard InChI is InChI=1S/C10H16Br4/c1-3-5-6-8(12)10(14)9(13)7(11)4-2/h4,7-10H,2-3,5-6H2,1H3. The van der Waals surface area contributed by atoms with Crippen LogP contribution in [0.3, 0.4) is 0 Å². The van der Waals surface area contributed by atoms with E-state index in [2.05, 4.69) is 77.2 Å². The molecule has 0 aliphatic rings. The maximum absolute atomic E-state index is 3.77. The van der Waals surface area contributed by atoms with E-state index in [1.165, 1.54) is 19.3 Å². The Morgan fingerprint density at radius 3 is 2.14 bits per heavy atom. The van der Waals surface area contributed by atoms with Crippen molar-refractivity contribution >= 4 is 63.7 Å². The van der Waals surface area contributed by atoms with Gasteiger partial charge in [-0.15, -0.1) is 6.58 Å². The molecule has 4 unspecified atom stereocenters. The molecule has 0 fully saturated rings. The van der Waals surface area contributed by atoms with Crippen molar-refractivity contribution in [2.24, 2.45) is 0 Å². The van der Waals surface area contributed by atoms with Crippen molar-refractivity contribution in [2.75, 3.05) is 0 Å². The molecule has 0 aromatic carbocycles. The van der Waals surface area contributed by atoms with Crippen molar-refractivity contribution in [3.05, 3.63) is 12.7 Å². The molecule has 0 aromatic rings. The van der Waals surface area contributed by atoms with E-state index in [9.17, 15) is 0 Å². The number of rotatable bonds is 7. The van der Waals surface area contributed by atoms with E-state index >= 15 is 0 Å². The zero-order valence-corrected chi connectivity index (χ0v) is 14.6. The second kappa shape index (κ2) is 8.77. The van der Waals surface area contributed by atoms with Gasteiger partial charge < -0.3 is 0 Å². The Balaban J connectivity index is 4.02. The first kappa shape index (κ1) is 15.7. The number of unbranched alkanes of at least 4 members (excludes halogenated alkanes) is 1. The van der Waals surface area contributed by atoms with Crippen LogP contribution in [0.1, 0.15) is 26.2 Å². The molecule has 0 rings (SSSR count). The molecule has 14 heavy (non-hydrogen) atoms. The Morgan fingerprint density at radius 1 is 1.14 bits per heavy atom. The molecule has 0 heterocycles. The van der Waals surface area contributed by atoms with Gasteiger partial charge in [0.15, 0.2) is 0 Å². The van der Waals surface area contributed by atoms with E-state index in [-0.39, 0.29) is 0 Å². The zero-order valence-electron chi connectivity index (χ0n) is 8.23. The monoisotopic (exact) mass is 452 g/mol. The summed E-state index contributed by atoms with van der Waals surface area (Å²) in [5.74, 6) is 0. The fourth-order valence-electron chi connectivity index (χ4n) is 1.06. The summed E-state index contributed by atoms with van der Waals surface area (Å²) >= 11 is 14.6. The molecule has 0 saturated carbocycles. The van der Waals surface area contributed by atoms with Gasteiger partial charge in [-0.05, 0) is 6.42 Å². The summed E-state index contributed by atoms with van der Waals surface area (Å²) in [4.78, 5) is 1.58. The average Bonchev–Trinajstić information content (AvgIpc) is 2.22. The molecule has 84 valence electrons. The second-order valence-corrected chi connectivity index (χ2v) is 7.58. The second-order valence-electron chi connectivity index (χ2n) is 3.23. The Hall–Kier alpha value is 1.66. The minimum atomic E-state index is 0.300. The highest BCUT2D eigenvalue weighted by Gasteiger charge is 2.26. The summed E-state index contributed by atoms with van der Waals surface area (Å²) in [6, 6.07) is 0. The van der Waals surface area contributed by atoms with E-state index < -0.39 is 0 Å². The molecule has 4 heteroatoms. The minimum absolute atomic E-state index is 0.300. The molecule has 0 N–H and O–H groups in total. The van der Waals surface area contributed by atoms with Gasteiger partial charge >= 0.3 is 0 Å². The normalized spacial score (nSPS) is 19.8. The minimum Gasteiger partial charge on any atom is -0.102 e. The molecule has 0 aromatic heterocycles. The van der Waals surface area contributed by atoms with Gasteiger partial charge in [-0.2, -0.15) is 0 Å². The summed E-state index contributed by atoms with van der Waals surface area (Å²) in [6.45, 7) is 5.99. The summed E-state index contributed by atoms with van der Waals surface area (Å²) < 4.78 is 0. The average molecular weight is 456 g/mol. The van der Waals surface area contributed by atoms with Crippen LogP contribution < -0.4 is 0 Å². The zero-order chi connectivity index (χ0) is 11.1. The van der Waals surface area contributed by atoms with Crippen molar-refractivity contribution in [1.82, 2.24) is 0 Å². The molecular weight excluding hydrogens is 440 g/mol. The molecular formula is C10H16Br4. The van der Waals surface area contributed by atoms with Crippen molar-refractivity contribution in [3.63, 3.8) is 0 Å². The fraction of sp³-hybridized carbons (Fsp3) is 0.800.